The number of thioether (sulfide) groups is 1. The number of carbonyl (C=O) groups is 2. The fraction of sp³-hybridized carbons (Fsp3) is 0.263. The minimum atomic E-state index is -0.227. The average molecular weight is 358 g/mol. The molecule has 2 aromatic rings. The van der Waals surface area contributed by atoms with Crippen molar-refractivity contribution in [3.05, 3.63) is 59.9 Å². The number of para-hydroxylation sites is 1. The Balaban J connectivity index is 1.65. The van der Waals surface area contributed by atoms with Gasteiger partial charge >= 0.3 is 0 Å². The molecule has 130 valence electrons. The van der Waals surface area contributed by atoms with Crippen LogP contribution in [0.4, 0.5) is 10.1 Å². The Morgan fingerprint density at radius 3 is 2.72 bits per heavy atom. The zero-order valence-electron chi connectivity index (χ0n) is 13.6. The van der Waals surface area contributed by atoms with E-state index in [1.807, 2.05) is 30.3 Å². The number of piperidine rings is 1. The molecule has 0 unspecified atom stereocenters. The first-order chi connectivity index (χ1) is 12.1. The summed E-state index contributed by atoms with van der Waals surface area (Å²) in [6, 6.07) is 14.2. The third-order valence-electron chi connectivity index (χ3n) is 4.12. The minimum absolute atomic E-state index is 0.00936. The molecule has 2 N–H and O–H groups in total. The van der Waals surface area contributed by atoms with E-state index in [1.165, 1.54) is 17.8 Å². The molecule has 4 nitrogen and oxygen atoms in total. The summed E-state index contributed by atoms with van der Waals surface area (Å²) in [4.78, 5) is 24.5. The zero-order valence-corrected chi connectivity index (χ0v) is 14.4. The van der Waals surface area contributed by atoms with Crippen molar-refractivity contribution >= 4 is 29.3 Å². The number of carbonyl (C=O) groups excluding carboxylic acids is 2. The Morgan fingerprint density at radius 2 is 1.96 bits per heavy atom. The fourth-order valence-corrected chi connectivity index (χ4v) is 3.65. The van der Waals surface area contributed by atoms with Crippen LogP contribution in [0.25, 0.3) is 0 Å². The molecule has 1 heterocycles. The molecule has 25 heavy (non-hydrogen) atoms. The Hall–Kier alpha value is -2.34. The van der Waals surface area contributed by atoms with Gasteiger partial charge in [0.1, 0.15) is 5.82 Å². The largest absolute Gasteiger partial charge is 0.355 e. The van der Waals surface area contributed by atoms with Gasteiger partial charge in [0.2, 0.25) is 11.8 Å². The van der Waals surface area contributed by atoms with Crippen LogP contribution in [-0.2, 0) is 15.3 Å². The lowest BCUT2D eigenvalue weighted by Gasteiger charge is -2.22. The van der Waals surface area contributed by atoms with Crippen LogP contribution in [0.3, 0.4) is 0 Å². The summed E-state index contributed by atoms with van der Waals surface area (Å²) in [5.74, 6) is -0.0698. The number of amides is 2. The van der Waals surface area contributed by atoms with Crippen molar-refractivity contribution in [2.24, 2.45) is 5.92 Å². The first-order valence-electron chi connectivity index (χ1n) is 8.16. The van der Waals surface area contributed by atoms with E-state index in [-0.39, 0.29) is 23.5 Å². The second kappa shape index (κ2) is 8.16. The van der Waals surface area contributed by atoms with Crippen molar-refractivity contribution in [1.29, 1.82) is 0 Å². The lowest BCUT2D eigenvalue weighted by molar-refractivity contribution is -0.126. The molecule has 1 saturated heterocycles. The average Bonchev–Trinajstić information content (AvgIpc) is 2.62. The fourth-order valence-electron chi connectivity index (χ4n) is 2.66. The topological polar surface area (TPSA) is 58.2 Å². The lowest BCUT2D eigenvalue weighted by atomic mass is 9.98. The van der Waals surface area contributed by atoms with Crippen LogP contribution in [0.5, 0.6) is 0 Å². The van der Waals surface area contributed by atoms with E-state index in [9.17, 15) is 14.0 Å². The highest BCUT2D eigenvalue weighted by Crippen LogP contribution is 2.31. The maximum absolute atomic E-state index is 13.8. The highest BCUT2D eigenvalue weighted by molar-refractivity contribution is 7.98. The number of hydrogen-bond acceptors (Lipinski definition) is 3. The quantitative estimate of drug-likeness (QED) is 0.803. The number of nitrogens with one attached hydrogen (secondary N) is 2. The standard InChI is InChI=1S/C19H19FN2O2S/c20-15-6-2-1-5-14(15)12-25-17-8-4-3-7-16(17)22-19(24)13-9-10-18(23)21-11-13/h1-8,13H,9-12H2,(H,21,23)(H,22,24)/t13-/m1/s1. The van der Waals surface area contributed by atoms with Crippen LogP contribution >= 0.6 is 11.8 Å². The molecule has 6 heteroatoms. The Bertz CT molecular complexity index is 772. The summed E-state index contributed by atoms with van der Waals surface area (Å²) < 4.78 is 13.8. The van der Waals surface area contributed by atoms with Crippen molar-refractivity contribution in [1.82, 2.24) is 5.32 Å². The van der Waals surface area contributed by atoms with Crippen molar-refractivity contribution < 1.29 is 14.0 Å². The van der Waals surface area contributed by atoms with Gasteiger partial charge < -0.3 is 10.6 Å². The molecule has 1 atom stereocenters. The second-order valence-electron chi connectivity index (χ2n) is 5.91. The summed E-state index contributed by atoms with van der Waals surface area (Å²) in [5, 5.41) is 5.66. The lowest BCUT2D eigenvalue weighted by Crippen LogP contribution is -2.40. The van der Waals surface area contributed by atoms with Crippen LogP contribution in [0.2, 0.25) is 0 Å². The summed E-state index contributed by atoms with van der Waals surface area (Å²) in [7, 11) is 0. The SMILES string of the molecule is O=C1CC[C@@H](C(=O)Nc2ccccc2SCc2ccccc2F)CN1. The van der Waals surface area contributed by atoms with Gasteiger partial charge in [-0.15, -0.1) is 11.8 Å². The van der Waals surface area contributed by atoms with Crippen molar-refractivity contribution in [2.75, 3.05) is 11.9 Å². The molecular weight excluding hydrogens is 339 g/mol. The molecule has 1 fully saturated rings. The van der Waals surface area contributed by atoms with Gasteiger partial charge in [0, 0.05) is 23.6 Å². The van der Waals surface area contributed by atoms with E-state index in [0.717, 1.165) is 4.90 Å². The Kier molecular flexibility index (Phi) is 5.71. The number of hydrogen-bond donors (Lipinski definition) is 2. The number of benzene rings is 2. The minimum Gasteiger partial charge on any atom is -0.355 e. The van der Waals surface area contributed by atoms with Gasteiger partial charge in [0.15, 0.2) is 0 Å². The third-order valence-corrected chi connectivity index (χ3v) is 5.24. The van der Waals surface area contributed by atoms with Gasteiger partial charge in [-0.05, 0) is 30.2 Å². The van der Waals surface area contributed by atoms with Gasteiger partial charge in [-0.3, -0.25) is 9.59 Å². The van der Waals surface area contributed by atoms with E-state index >= 15 is 0 Å². The van der Waals surface area contributed by atoms with Crippen LogP contribution < -0.4 is 10.6 Å². The summed E-state index contributed by atoms with van der Waals surface area (Å²) >= 11 is 1.48. The normalized spacial score (nSPS) is 17.0. The highest BCUT2D eigenvalue weighted by Gasteiger charge is 2.24. The smallest absolute Gasteiger partial charge is 0.229 e. The molecule has 2 amide bonds. The van der Waals surface area contributed by atoms with E-state index in [1.54, 1.807) is 12.1 Å². The molecule has 0 aromatic heterocycles. The van der Waals surface area contributed by atoms with Crippen LogP contribution in [-0.4, -0.2) is 18.4 Å². The molecule has 1 aliphatic heterocycles. The molecular formula is C19H19FN2O2S. The summed E-state index contributed by atoms with van der Waals surface area (Å²) in [6.45, 7) is 0.370. The molecule has 3 rings (SSSR count). The molecule has 0 saturated carbocycles. The monoisotopic (exact) mass is 358 g/mol. The third kappa shape index (κ3) is 4.60. The number of anilines is 1. The van der Waals surface area contributed by atoms with Crippen LogP contribution in [0.15, 0.2) is 53.4 Å². The summed E-state index contributed by atoms with van der Waals surface area (Å²) in [6.07, 6.45) is 0.934. The van der Waals surface area contributed by atoms with E-state index in [2.05, 4.69) is 10.6 Å². The first-order valence-corrected chi connectivity index (χ1v) is 9.15. The van der Waals surface area contributed by atoms with Gasteiger partial charge in [0.05, 0.1) is 11.6 Å². The second-order valence-corrected chi connectivity index (χ2v) is 6.92. The molecule has 0 spiro atoms. The van der Waals surface area contributed by atoms with Gasteiger partial charge in [-0.1, -0.05) is 30.3 Å². The maximum Gasteiger partial charge on any atom is 0.229 e. The molecule has 1 aliphatic rings. The van der Waals surface area contributed by atoms with Gasteiger partial charge in [0.25, 0.3) is 0 Å². The van der Waals surface area contributed by atoms with Crippen LogP contribution in [0.1, 0.15) is 18.4 Å². The predicted octanol–water partition coefficient (Wildman–Crippen LogP) is 3.58. The van der Waals surface area contributed by atoms with Gasteiger partial charge in [-0.25, -0.2) is 4.39 Å². The zero-order chi connectivity index (χ0) is 17.6. The summed E-state index contributed by atoms with van der Waals surface area (Å²) in [5.41, 5.74) is 1.34. The predicted molar refractivity (Wildman–Crippen MR) is 96.8 cm³/mol. The van der Waals surface area contributed by atoms with Crippen molar-refractivity contribution in [3.63, 3.8) is 0 Å². The molecule has 2 aromatic carbocycles. The highest BCUT2D eigenvalue weighted by atomic mass is 32.2. The number of rotatable bonds is 5. The first kappa shape index (κ1) is 17.5. The number of halogens is 1. The van der Waals surface area contributed by atoms with E-state index < -0.39 is 0 Å². The van der Waals surface area contributed by atoms with E-state index in [0.29, 0.717) is 36.4 Å². The van der Waals surface area contributed by atoms with Gasteiger partial charge in [-0.2, -0.15) is 0 Å². The Morgan fingerprint density at radius 1 is 1.20 bits per heavy atom. The Labute approximate surface area is 150 Å². The van der Waals surface area contributed by atoms with Crippen molar-refractivity contribution in [3.8, 4) is 0 Å². The maximum atomic E-state index is 13.8. The van der Waals surface area contributed by atoms with Crippen LogP contribution in [0, 0.1) is 11.7 Å². The molecule has 0 aliphatic carbocycles. The van der Waals surface area contributed by atoms with E-state index in [4.69, 9.17) is 0 Å². The van der Waals surface area contributed by atoms with Crippen molar-refractivity contribution in [2.45, 2.75) is 23.5 Å². The molecule has 0 bridgehead atoms. The molecule has 0 radical (unpaired) electrons.